The van der Waals surface area contributed by atoms with Gasteiger partial charge in [-0.2, -0.15) is 0 Å². The van der Waals surface area contributed by atoms with Crippen molar-refractivity contribution < 1.29 is 0 Å². The third-order valence-electron chi connectivity index (χ3n) is 4.95. The number of pyridine rings is 1. The second-order valence-corrected chi connectivity index (χ2v) is 7.17. The molecule has 0 amide bonds. The van der Waals surface area contributed by atoms with Crippen LogP contribution < -0.4 is 10.2 Å². The lowest BCUT2D eigenvalue weighted by Gasteiger charge is -2.40. The van der Waals surface area contributed by atoms with Crippen molar-refractivity contribution in [1.82, 2.24) is 10.3 Å². The molecule has 0 unspecified atom stereocenters. The molecule has 118 valence electrons. The minimum Gasteiger partial charge on any atom is -0.356 e. The first-order valence-electron chi connectivity index (χ1n) is 8.37. The standard InChI is InChI=1S/C18H31N3/c1-6-18(5)7-9-21(10-8-18)17-15(4)11-16(13-20-17)12-19-14(2)3/h11,13-14,19H,6-10,12H2,1-5H3. The van der Waals surface area contributed by atoms with Crippen molar-refractivity contribution in [3.05, 3.63) is 23.4 Å². The van der Waals surface area contributed by atoms with E-state index in [9.17, 15) is 0 Å². The van der Waals surface area contributed by atoms with Gasteiger partial charge in [-0.15, -0.1) is 0 Å². The summed E-state index contributed by atoms with van der Waals surface area (Å²) in [4.78, 5) is 7.20. The maximum Gasteiger partial charge on any atom is 0.131 e. The van der Waals surface area contributed by atoms with Crippen molar-refractivity contribution in [3.63, 3.8) is 0 Å². The fraction of sp³-hybridized carbons (Fsp3) is 0.722. The van der Waals surface area contributed by atoms with Crippen molar-refractivity contribution in [2.24, 2.45) is 5.41 Å². The maximum atomic E-state index is 4.74. The smallest absolute Gasteiger partial charge is 0.131 e. The summed E-state index contributed by atoms with van der Waals surface area (Å²) >= 11 is 0. The Morgan fingerprint density at radius 3 is 2.52 bits per heavy atom. The second kappa shape index (κ2) is 6.78. The third kappa shape index (κ3) is 4.19. The molecule has 3 heteroatoms. The summed E-state index contributed by atoms with van der Waals surface area (Å²) in [6, 6.07) is 2.80. The van der Waals surface area contributed by atoms with Crippen LogP contribution in [0.3, 0.4) is 0 Å². The molecule has 0 aromatic carbocycles. The van der Waals surface area contributed by atoms with E-state index in [0.717, 1.165) is 19.6 Å². The minimum atomic E-state index is 0.513. The average molecular weight is 289 g/mol. The fourth-order valence-electron chi connectivity index (χ4n) is 2.99. The zero-order valence-electron chi connectivity index (χ0n) is 14.4. The Bertz CT molecular complexity index is 460. The zero-order chi connectivity index (χ0) is 15.5. The van der Waals surface area contributed by atoms with E-state index in [2.05, 4.69) is 50.9 Å². The van der Waals surface area contributed by atoms with Gasteiger partial charge in [-0.1, -0.05) is 34.1 Å². The molecule has 1 N–H and O–H groups in total. The summed E-state index contributed by atoms with van der Waals surface area (Å²) in [5.41, 5.74) is 3.12. The van der Waals surface area contributed by atoms with Crippen LogP contribution in [0.2, 0.25) is 0 Å². The van der Waals surface area contributed by atoms with E-state index in [0.29, 0.717) is 11.5 Å². The Morgan fingerprint density at radius 2 is 2.00 bits per heavy atom. The van der Waals surface area contributed by atoms with Gasteiger partial charge in [0.25, 0.3) is 0 Å². The summed E-state index contributed by atoms with van der Waals surface area (Å²) in [5, 5.41) is 3.45. The highest BCUT2D eigenvalue weighted by atomic mass is 15.2. The van der Waals surface area contributed by atoms with E-state index in [4.69, 9.17) is 4.98 Å². The van der Waals surface area contributed by atoms with E-state index in [-0.39, 0.29) is 0 Å². The van der Waals surface area contributed by atoms with Crippen molar-refractivity contribution in [3.8, 4) is 0 Å². The van der Waals surface area contributed by atoms with E-state index in [1.807, 2.05) is 6.20 Å². The fourth-order valence-corrected chi connectivity index (χ4v) is 2.99. The molecule has 1 aromatic rings. The highest BCUT2D eigenvalue weighted by molar-refractivity contribution is 5.47. The molecule has 0 radical (unpaired) electrons. The largest absolute Gasteiger partial charge is 0.356 e. The van der Waals surface area contributed by atoms with Crippen LogP contribution in [0.1, 0.15) is 58.1 Å². The van der Waals surface area contributed by atoms with Crippen LogP contribution in [0.25, 0.3) is 0 Å². The molecule has 0 spiro atoms. The van der Waals surface area contributed by atoms with Gasteiger partial charge in [0.2, 0.25) is 0 Å². The van der Waals surface area contributed by atoms with Gasteiger partial charge in [-0.05, 0) is 42.4 Å². The lowest BCUT2D eigenvalue weighted by atomic mass is 9.78. The molecule has 0 aliphatic carbocycles. The Balaban J connectivity index is 2.01. The first-order chi connectivity index (χ1) is 9.93. The number of aryl methyl sites for hydroxylation is 1. The second-order valence-electron chi connectivity index (χ2n) is 7.17. The molecule has 1 saturated heterocycles. The zero-order valence-corrected chi connectivity index (χ0v) is 14.4. The number of nitrogens with zero attached hydrogens (tertiary/aromatic N) is 2. The SMILES string of the molecule is CCC1(C)CCN(c2ncc(CNC(C)C)cc2C)CC1. The summed E-state index contributed by atoms with van der Waals surface area (Å²) < 4.78 is 0. The molecule has 0 atom stereocenters. The summed E-state index contributed by atoms with van der Waals surface area (Å²) in [7, 11) is 0. The molecule has 21 heavy (non-hydrogen) atoms. The first kappa shape index (κ1) is 16.3. The summed E-state index contributed by atoms with van der Waals surface area (Å²) in [6.45, 7) is 14.5. The monoisotopic (exact) mass is 289 g/mol. The lowest BCUT2D eigenvalue weighted by Crippen LogP contribution is -2.39. The molecule has 2 rings (SSSR count). The molecule has 3 nitrogen and oxygen atoms in total. The predicted molar refractivity (Wildman–Crippen MR) is 90.8 cm³/mol. The highest BCUT2D eigenvalue weighted by Gasteiger charge is 2.29. The number of hydrogen-bond donors (Lipinski definition) is 1. The Morgan fingerprint density at radius 1 is 1.33 bits per heavy atom. The molecule has 1 aliphatic heterocycles. The van der Waals surface area contributed by atoms with Crippen molar-refractivity contribution in [2.75, 3.05) is 18.0 Å². The summed E-state index contributed by atoms with van der Waals surface area (Å²) in [5.74, 6) is 1.18. The van der Waals surface area contributed by atoms with Crippen LogP contribution in [0, 0.1) is 12.3 Å². The van der Waals surface area contributed by atoms with Gasteiger partial charge in [0, 0.05) is 31.9 Å². The van der Waals surface area contributed by atoms with E-state index >= 15 is 0 Å². The minimum absolute atomic E-state index is 0.513. The van der Waals surface area contributed by atoms with E-state index < -0.39 is 0 Å². The Hall–Kier alpha value is -1.09. The van der Waals surface area contributed by atoms with Crippen LogP contribution in [0.5, 0.6) is 0 Å². The number of rotatable bonds is 5. The first-order valence-corrected chi connectivity index (χ1v) is 8.37. The van der Waals surface area contributed by atoms with Crippen molar-refractivity contribution >= 4 is 5.82 Å². The van der Waals surface area contributed by atoms with Gasteiger partial charge in [-0.25, -0.2) is 4.98 Å². The highest BCUT2D eigenvalue weighted by Crippen LogP contribution is 2.35. The number of aromatic nitrogens is 1. The molecule has 1 aliphatic rings. The van der Waals surface area contributed by atoms with Crippen molar-refractivity contribution in [1.29, 1.82) is 0 Å². The molecule has 0 bridgehead atoms. The number of hydrogen-bond acceptors (Lipinski definition) is 3. The van der Waals surface area contributed by atoms with Crippen LogP contribution in [-0.4, -0.2) is 24.1 Å². The quantitative estimate of drug-likeness (QED) is 0.891. The number of nitrogens with one attached hydrogen (secondary N) is 1. The van der Waals surface area contributed by atoms with Gasteiger partial charge in [0.1, 0.15) is 5.82 Å². The van der Waals surface area contributed by atoms with Crippen LogP contribution in [0.15, 0.2) is 12.3 Å². The number of piperidine rings is 1. The molecule has 2 heterocycles. The Labute approximate surface area is 130 Å². The van der Waals surface area contributed by atoms with E-state index in [1.54, 1.807) is 0 Å². The molecule has 0 saturated carbocycles. The number of anilines is 1. The molecule has 1 aromatic heterocycles. The van der Waals surface area contributed by atoms with Gasteiger partial charge < -0.3 is 10.2 Å². The topological polar surface area (TPSA) is 28.2 Å². The maximum absolute atomic E-state index is 4.74. The van der Waals surface area contributed by atoms with Crippen molar-refractivity contribution in [2.45, 2.75) is 66.5 Å². The van der Waals surface area contributed by atoms with E-state index in [1.165, 1.54) is 36.2 Å². The predicted octanol–water partition coefficient (Wildman–Crippen LogP) is 3.90. The Kier molecular flexibility index (Phi) is 5.26. The van der Waals surface area contributed by atoms with Crippen LogP contribution >= 0.6 is 0 Å². The van der Waals surface area contributed by atoms with Gasteiger partial charge in [0.15, 0.2) is 0 Å². The van der Waals surface area contributed by atoms with Gasteiger partial charge in [-0.3, -0.25) is 0 Å². The third-order valence-corrected chi connectivity index (χ3v) is 4.95. The van der Waals surface area contributed by atoms with Crippen LogP contribution in [-0.2, 0) is 6.54 Å². The van der Waals surface area contributed by atoms with Crippen LogP contribution in [0.4, 0.5) is 5.82 Å². The molecular weight excluding hydrogens is 258 g/mol. The average Bonchev–Trinajstić information content (AvgIpc) is 2.46. The molecule has 1 fully saturated rings. The normalized spacial score (nSPS) is 18.3. The molecular formula is C18H31N3. The van der Waals surface area contributed by atoms with Gasteiger partial charge in [0.05, 0.1) is 0 Å². The lowest BCUT2D eigenvalue weighted by molar-refractivity contribution is 0.237. The summed E-state index contributed by atoms with van der Waals surface area (Å²) in [6.07, 6.45) is 5.88. The van der Waals surface area contributed by atoms with Gasteiger partial charge >= 0.3 is 0 Å².